The Labute approximate surface area is 131 Å². The summed E-state index contributed by atoms with van der Waals surface area (Å²) in [6.07, 6.45) is 1.76. The summed E-state index contributed by atoms with van der Waals surface area (Å²) in [4.78, 5) is 2.19. The van der Waals surface area contributed by atoms with Crippen LogP contribution >= 0.6 is 24.8 Å². The van der Waals surface area contributed by atoms with Gasteiger partial charge < -0.3 is 10.4 Å². The summed E-state index contributed by atoms with van der Waals surface area (Å²) >= 11 is 0. The number of hydrogen-bond acceptors (Lipinski definition) is 3. The van der Waals surface area contributed by atoms with E-state index in [1.54, 1.807) is 6.08 Å². The molecule has 1 fully saturated rings. The Morgan fingerprint density at radius 1 is 1.35 bits per heavy atom. The first-order chi connectivity index (χ1) is 8.63. The Morgan fingerprint density at radius 2 is 1.95 bits per heavy atom. The van der Waals surface area contributed by atoms with E-state index in [0.29, 0.717) is 5.56 Å². The number of piperazine rings is 1. The summed E-state index contributed by atoms with van der Waals surface area (Å²) in [5.74, 6) is -0.823. The normalized spacial score (nSPS) is 16.7. The topological polar surface area (TPSA) is 35.5 Å². The van der Waals surface area contributed by atoms with Gasteiger partial charge >= 0.3 is 0 Å². The first-order valence-corrected chi connectivity index (χ1v) is 6.20. The largest absolute Gasteiger partial charge is 0.505 e. The molecular formula is C14H21Cl2FN2O. The highest BCUT2D eigenvalue weighted by Crippen LogP contribution is 2.32. The van der Waals surface area contributed by atoms with Crippen LogP contribution in [0.5, 0.6) is 5.75 Å². The molecule has 0 bridgehead atoms. The molecule has 2 N–H and O–H groups in total. The van der Waals surface area contributed by atoms with E-state index in [2.05, 4.69) is 16.8 Å². The van der Waals surface area contributed by atoms with Crippen LogP contribution in [0.3, 0.4) is 0 Å². The van der Waals surface area contributed by atoms with Crippen molar-refractivity contribution in [3.63, 3.8) is 0 Å². The van der Waals surface area contributed by atoms with Gasteiger partial charge in [-0.25, -0.2) is 4.39 Å². The molecule has 6 heteroatoms. The molecule has 1 saturated heterocycles. The number of phenolic OH excluding ortho intramolecular Hbond substituents is 1. The third-order valence-corrected chi connectivity index (χ3v) is 3.32. The van der Waals surface area contributed by atoms with Gasteiger partial charge in [0, 0.05) is 31.7 Å². The summed E-state index contributed by atoms with van der Waals surface area (Å²) in [5.41, 5.74) is 1.41. The molecule has 0 radical (unpaired) electrons. The van der Waals surface area contributed by atoms with Crippen molar-refractivity contribution in [1.29, 1.82) is 0 Å². The number of nitrogens with zero attached hydrogens (tertiary/aromatic N) is 1. The van der Waals surface area contributed by atoms with E-state index in [1.807, 2.05) is 13.0 Å². The first kappa shape index (κ1) is 19.2. The van der Waals surface area contributed by atoms with Crippen molar-refractivity contribution in [2.75, 3.05) is 26.2 Å². The SMILES string of the molecule is C=C[C@H](c1cc(C)cc(F)c1O)N1CCNCC1.Cl.Cl. The molecule has 2 rings (SSSR count). The van der Waals surface area contributed by atoms with E-state index in [4.69, 9.17) is 0 Å². The first-order valence-electron chi connectivity index (χ1n) is 6.20. The van der Waals surface area contributed by atoms with Gasteiger partial charge in [0.05, 0.1) is 6.04 Å². The lowest BCUT2D eigenvalue weighted by atomic mass is 10.0. The Hall–Kier alpha value is -0.810. The smallest absolute Gasteiger partial charge is 0.165 e. The highest BCUT2D eigenvalue weighted by atomic mass is 35.5. The van der Waals surface area contributed by atoms with E-state index < -0.39 is 5.82 Å². The second-order valence-electron chi connectivity index (χ2n) is 4.65. The lowest BCUT2D eigenvalue weighted by Crippen LogP contribution is -2.44. The average molecular weight is 323 g/mol. The fourth-order valence-corrected chi connectivity index (χ4v) is 2.42. The second kappa shape index (κ2) is 8.47. The zero-order valence-electron chi connectivity index (χ0n) is 11.4. The van der Waals surface area contributed by atoms with Crippen molar-refractivity contribution in [3.05, 3.63) is 41.7 Å². The third-order valence-electron chi connectivity index (χ3n) is 3.32. The predicted octanol–water partition coefficient (Wildman–Crippen LogP) is 2.82. The zero-order valence-corrected chi connectivity index (χ0v) is 13.1. The predicted molar refractivity (Wildman–Crippen MR) is 84.7 cm³/mol. The number of aryl methyl sites for hydroxylation is 1. The molecule has 1 aliphatic heterocycles. The fourth-order valence-electron chi connectivity index (χ4n) is 2.42. The maximum Gasteiger partial charge on any atom is 0.165 e. The van der Waals surface area contributed by atoms with E-state index in [-0.39, 0.29) is 36.6 Å². The van der Waals surface area contributed by atoms with Crippen molar-refractivity contribution >= 4 is 24.8 Å². The Morgan fingerprint density at radius 3 is 2.50 bits per heavy atom. The standard InChI is InChI=1S/C14H19FN2O.2ClH/c1-3-13(17-6-4-16-5-7-17)11-8-10(2)9-12(15)14(11)18;;/h3,8-9,13,16,18H,1,4-7H2,2H3;2*1H/t13-;;/m1../s1. The van der Waals surface area contributed by atoms with Crippen molar-refractivity contribution in [2.45, 2.75) is 13.0 Å². The van der Waals surface area contributed by atoms with Crippen LogP contribution in [0, 0.1) is 12.7 Å². The van der Waals surface area contributed by atoms with Crippen LogP contribution in [0.15, 0.2) is 24.8 Å². The number of aromatic hydroxyl groups is 1. The van der Waals surface area contributed by atoms with Crippen molar-refractivity contribution in [1.82, 2.24) is 10.2 Å². The summed E-state index contributed by atoms with van der Waals surface area (Å²) in [7, 11) is 0. The third kappa shape index (κ3) is 4.09. The molecule has 0 saturated carbocycles. The zero-order chi connectivity index (χ0) is 13.1. The fraction of sp³-hybridized carbons (Fsp3) is 0.429. The van der Waals surface area contributed by atoms with Gasteiger partial charge in [0.15, 0.2) is 11.6 Å². The van der Waals surface area contributed by atoms with Crippen LogP contribution < -0.4 is 5.32 Å². The minimum Gasteiger partial charge on any atom is -0.505 e. The van der Waals surface area contributed by atoms with E-state index in [9.17, 15) is 9.50 Å². The molecule has 0 spiro atoms. The monoisotopic (exact) mass is 322 g/mol. The van der Waals surface area contributed by atoms with Gasteiger partial charge in [0.1, 0.15) is 0 Å². The minimum absolute atomic E-state index is 0. The highest BCUT2D eigenvalue weighted by molar-refractivity contribution is 5.85. The van der Waals surface area contributed by atoms with Gasteiger partial charge in [0.2, 0.25) is 0 Å². The number of phenols is 1. The maximum atomic E-state index is 13.6. The van der Waals surface area contributed by atoms with Gasteiger partial charge in [-0.3, -0.25) is 4.90 Å². The summed E-state index contributed by atoms with van der Waals surface area (Å²) in [6.45, 7) is 9.18. The maximum absolute atomic E-state index is 13.6. The van der Waals surface area contributed by atoms with Crippen molar-refractivity contribution < 1.29 is 9.50 Å². The van der Waals surface area contributed by atoms with Gasteiger partial charge in [-0.15, -0.1) is 31.4 Å². The summed E-state index contributed by atoms with van der Waals surface area (Å²) in [5, 5.41) is 13.2. The second-order valence-corrected chi connectivity index (χ2v) is 4.65. The Balaban J connectivity index is 0.00000180. The number of benzene rings is 1. The van der Waals surface area contributed by atoms with Crippen LogP contribution in [0.25, 0.3) is 0 Å². The molecule has 0 aromatic heterocycles. The Kier molecular flexibility index (Phi) is 8.13. The van der Waals surface area contributed by atoms with E-state index in [0.717, 1.165) is 31.7 Å². The van der Waals surface area contributed by atoms with Gasteiger partial charge in [-0.2, -0.15) is 0 Å². The molecule has 1 aromatic rings. The molecule has 1 aromatic carbocycles. The van der Waals surface area contributed by atoms with Crippen LogP contribution in [0.1, 0.15) is 17.2 Å². The molecule has 1 atom stereocenters. The Bertz CT molecular complexity index is 451. The quantitative estimate of drug-likeness (QED) is 0.840. The lowest BCUT2D eigenvalue weighted by molar-refractivity contribution is 0.200. The minimum atomic E-state index is -0.563. The molecule has 1 heterocycles. The van der Waals surface area contributed by atoms with Crippen molar-refractivity contribution in [2.24, 2.45) is 0 Å². The van der Waals surface area contributed by atoms with Crippen molar-refractivity contribution in [3.8, 4) is 5.75 Å². The molecule has 20 heavy (non-hydrogen) atoms. The molecule has 0 aliphatic carbocycles. The van der Waals surface area contributed by atoms with Gasteiger partial charge in [-0.05, 0) is 18.6 Å². The number of halogens is 3. The molecule has 0 unspecified atom stereocenters. The van der Waals surface area contributed by atoms with E-state index in [1.165, 1.54) is 6.07 Å². The number of hydrogen-bond donors (Lipinski definition) is 2. The number of rotatable bonds is 3. The summed E-state index contributed by atoms with van der Waals surface area (Å²) in [6, 6.07) is 3.03. The summed E-state index contributed by atoms with van der Waals surface area (Å²) < 4.78 is 13.6. The van der Waals surface area contributed by atoms with Gasteiger partial charge in [0.25, 0.3) is 0 Å². The molecular weight excluding hydrogens is 302 g/mol. The van der Waals surface area contributed by atoms with E-state index >= 15 is 0 Å². The van der Waals surface area contributed by atoms with Crippen LogP contribution in [-0.2, 0) is 0 Å². The van der Waals surface area contributed by atoms with Gasteiger partial charge in [-0.1, -0.05) is 12.1 Å². The molecule has 1 aliphatic rings. The molecule has 114 valence electrons. The lowest BCUT2D eigenvalue weighted by Gasteiger charge is -2.33. The van der Waals surface area contributed by atoms with Crippen LogP contribution in [0.4, 0.5) is 4.39 Å². The highest BCUT2D eigenvalue weighted by Gasteiger charge is 2.23. The molecule has 0 amide bonds. The molecule has 3 nitrogen and oxygen atoms in total. The average Bonchev–Trinajstić information content (AvgIpc) is 2.37. The van der Waals surface area contributed by atoms with Crippen LogP contribution in [-0.4, -0.2) is 36.2 Å². The van der Waals surface area contributed by atoms with Crippen LogP contribution in [0.2, 0.25) is 0 Å². The number of nitrogens with one attached hydrogen (secondary N) is 1.